The predicted octanol–water partition coefficient (Wildman–Crippen LogP) is -0.198. The van der Waals surface area contributed by atoms with Crippen LogP contribution in [-0.2, 0) is 6.54 Å². The summed E-state index contributed by atoms with van der Waals surface area (Å²) in [5, 5.41) is 9.91. The Morgan fingerprint density at radius 2 is 2.44 bits per heavy atom. The Bertz CT molecular complexity index is 527. The molecule has 6 nitrogen and oxygen atoms in total. The lowest BCUT2D eigenvalue weighted by atomic mass is 10.2. The van der Waals surface area contributed by atoms with Crippen LogP contribution in [0.4, 0.5) is 0 Å². The molecule has 18 heavy (non-hydrogen) atoms. The fourth-order valence-electron chi connectivity index (χ4n) is 1.85. The second kappa shape index (κ2) is 5.11. The van der Waals surface area contributed by atoms with Crippen molar-refractivity contribution >= 4 is 17.7 Å². The molecule has 0 saturated heterocycles. The summed E-state index contributed by atoms with van der Waals surface area (Å²) in [6, 6.07) is 0. The van der Waals surface area contributed by atoms with Crippen molar-refractivity contribution in [2.45, 2.75) is 24.7 Å². The van der Waals surface area contributed by atoms with Crippen LogP contribution in [-0.4, -0.2) is 50.9 Å². The molecular weight excluding hydrogens is 254 g/mol. The van der Waals surface area contributed by atoms with Crippen LogP contribution in [0.1, 0.15) is 17.3 Å². The summed E-state index contributed by atoms with van der Waals surface area (Å²) in [5.41, 5.74) is -0.239. The van der Waals surface area contributed by atoms with Gasteiger partial charge < -0.3 is 10.0 Å². The standard InChI is InChI=1S/C11H15N3O3S/c1-7(15)6-13(2)9(16)8-5-12-11-14(10(8)17)3-4-18-11/h5,7,15H,3-4,6H2,1-2H3. The van der Waals surface area contributed by atoms with E-state index < -0.39 is 12.0 Å². The topological polar surface area (TPSA) is 75.4 Å². The van der Waals surface area contributed by atoms with Gasteiger partial charge in [0.2, 0.25) is 0 Å². The van der Waals surface area contributed by atoms with Gasteiger partial charge in [0.1, 0.15) is 5.56 Å². The maximum atomic E-state index is 12.1. The average molecular weight is 269 g/mol. The molecule has 1 atom stereocenters. The molecule has 1 aromatic heterocycles. The lowest BCUT2D eigenvalue weighted by molar-refractivity contribution is 0.0700. The van der Waals surface area contributed by atoms with E-state index in [2.05, 4.69) is 4.98 Å². The molecular formula is C11H15N3O3S. The molecule has 0 saturated carbocycles. The van der Waals surface area contributed by atoms with Crippen molar-refractivity contribution in [1.29, 1.82) is 0 Å². The SMILES string of the molecule is CC(O)CN(C)C(=O)c1cnc2n(c1=O)CCS2. The monoisotopic (exact) mass is 269 g/mol. The van der Waals surface area contributed by atoms with Gasteiger partial charge in [0.25, 0.3) is 11.5 Å². The second-order valence-electron chi connectivity index (χ2n) is 4.29. The molecule has 1 N–H and O–H groups in total. The van der Waals surface area contributed by atoms with Crippen molar-refractivity contribution in [3.63, 3.8) is 0 Å². The van der Waals surface area contributed by atoms with Crippen LogP contribution in [0.15, 0.2) is 16.1 Å². The number of carbonyl (C=O) groups is 1. The maximum Gasteiger partial charge on any atom is 0.267 e. The van der Waals surface area contributed by atoms with E-state index in [1.807, 2.05) is 0 Å². The second-order valence-corrected chi connectivity index (χ2v) is 5.36. The van der Waals surface area contributed by atoms with Crippen LogP contribution in [0, 0.1) is 0 Å². The summed E-state index contributed by atoms with van der Waals surface area (Å²) >= 11 is 1.51. The molecule has 0 aliphatic carbocycles. The van der Waals surface area contributed by atoms with E-state index >= 15 is 0 Å². The summed E-state index contributed by atoms with van der Waals surface area (Å²) in [6.45, 7) is 2.37. The Labute approximate surface area is 109 Å². The van der Waals surface area contributed by atoms with E-state index in [-0.39, 0.29) is 17.7 Å². The summed E-state index contributed by atoms with van der Waals surface area (Å²) in [7, 11) is 1.56. The molecule has 1 aliphatic rings. The number of hydrogen-bond donors (Lipinski definition) is 1. The molecule has 1 amide bonds. The largest absolute Gasteiger partial charge is 0.392 e. The minimum atomic E-state index is -0.625. The molecule has 2 heterocycles. The van der Waals surface area contributed by atoms with Gasteiger partial charge in [-0.3, -0.25) is 14.2 Å². The van der Waals surface area contributed by atoms with Gasteiger partial charge in [-0.15, -0.1) is 0 Å². The number of carbonyl (C=O) groups excluding carboxylic acids is 1. The first kappa shape index (κ1) is 13.1. The highest BCUT2D eigenvalue weighted by Gasteiger charge is 2.22. The molecule has 2 rings (SSSR count). The quantitative estimate of drug-likeness (QED) is 0.769. The van der Waals surface area contributed by atoms with Crippen molar-refractivity contribution in [3.05, 3.63) is 22.1 Å². The van der Waals surface area contributed by atoms with Crippen molar-refractivity contribution in [2.24, 2.45) is 0 Å². The Morgan fingerprint density at radius 3 is 3.11 bits per heavy atom. The van der Waals surface area contributed by atoms with Crippen LogP contribution in [0.25, 0.3) is 0 Å². The molecule has 1 aromatic rings. The first-order valence-electron chi connectivity index (χ1n) is 5.67. The number of amides is 1. The van der Waals surface area contributed by atoms with Gasteiger partial charge in [0.15, 0.2) is 5.16 Å². The smallest absolute Gasteiger partial charge is 0.267 e. The van der Waals surface area contributed by atoms with E-state index in [9.17, 15) is 14.7 Å². The van der Waals surface area contributed by atoms with Crippen molar-refractivity contribution in [2.75, 3.05) is 19.3 Å². The van der Waals surface area contributed by atoms with Gasteiger partial charge in [0.05, 0.1) is 6.10 Å². The Balaban J connectivity index is 2.29. The molecule has 0 fully saturated rings. The highest BCUT2D eigenvalue weighted by Crippen LogP contribution is 2.20. The van der Waals surface area contributed by atoms with Crippen LogP contribution < -0.4 is 5.56 Å². The normalized spacial score (nSPS) is 15.3. The zero-order chi connectivity index (χ0) is 13.3. The van der Waals surface area contributed by atoms with Crippen LogP contribution in [0.3, 0.4) is 0 Å². The number of rotatable bonds is 3. The summed E-state index contributed by atoms with van der Waals surface area (Å²) in [6.07, 6.45) is 0.701. The number of aliphatic hydroxyl groups excluding tert-OH is 1. The van der Waals surface area contributed by atoms with Crippen LogP contribution in [0.5, 0.6) is 0 Å². The highest BCUT2D eigenvalue weighted by atomic mass is 32.2. The Morgan fingerprint density at radius 1 is 1.72 bits per heavy atom. The maximum absolute atomic E-state index is 12.1. The molecule has 0 aromatic carbocycles. The third-order valence-corrected chi connectivity index (χ3v) is 3.64. The lowest BCUT2D eigenvalue weighted by Gasteiger charge is -2.18. The number of aromatic nitrogens is 2. The van der Waals surface area contributed by atoms with Crippen molar-refractivity contribution < 1.29 is 9.90 Å². The molecule has 98 valence electrons. The van der Waals surface area contributed by atoms with Gasteiger partial charge in [-0.05, 0) is 6.92 Å². The summed E-state index contributed by atoms with van der Waals surface area (Å²) in [4.78, 5) is 29.6. The van der Waals surface area contributed by atoms with Crippen molar-refractivity contribution in [3.8, 4) is 0 Å². The van der Waals surface area contributed by atoms with E-state index in [4.69, 9.17) is 0 Å². The minimum absolute atomic E-state index is 0.0596. The first-order chi connectivity index (χ1) is 8.50. The van der Waals surface area contributed by atoms with Crippen molar-refractivity contribution in [1.82, 2.24) is 14.5 Å². The molecule has 0 bridgehead atoms. The van der Waals surface area contributed by atoms with E-state index in [0.717, 1.165) is 5.75 Å². The molecule has 0 spiro atoms. The summed E-state index contributed by atoms with van der Waals surface area (Å²) in [5.74, 6) is 0.407. The molecule has 1 aliphatic heterocycles. The summed E-state index contributed by atoms with van der Waals surface area (Å²) < 4.78 is 1.52. The van der Waals surface area contributed by atoms with E-state index in [1.165, 1.54) is 27.4 Å². The van der Waals surface area contributed by atoms with Gasteiger partial charge in [0, 0.05) is 32.1 Å². The first-order valence-corrected chi connectivity index (χ1v) is 6.65. The number of nitrogens with zero attached hydrogens (tertiary/aromatic N) is 3. The van der Waals surface area contributed by atoms with E-state index in [1.54, 1.807) is 14.0 Å². The number of aliphatic hydroxyl groups is 1. The minimum Gasteiger partial charge on any atom is -0.392 e. The zero-order valence-electron chi connectivity index (χ0n) is 10.3. The fourth-order valence-corrected chi connectivity index (χ4v) is 2.76. The highest BCUT2D eigenvalue weighted by molar-refractivity contribution is 7.99. The Hall–Kier alpha value is -1.34. The van der Waals surface area contributed by atoms with E-state index in [0.29, 0.717) is 11.7 Å². The van der Waals surface area contributed by atoms with Crippen LogP contribution >= 0.6 is 11.8 Å². The molecule has 1 unspecified atom stereocenters. The van der Waals surface area contributed by atoms with Gasteiger partial charge >= 0.3 is 0 Å². The van der Waals surface area contributed by atoms with Crippen LogP contribution in [0.2, 0.25) is 0 Å². The van der Waals surface area contributed by atoms with Gasteiger partial charge in [-0.1, -0.05) is 11.8 Å². The predicted molar refractivity (Wildman–Crippen MR) is 67.9 cm³/mol. The third-order valence-electron chi connectivity index (χ3n) is 2.67. The third kappa shape index (κ3) is 2.41. The number of fused-ring (bicyclic) bond motifs is 1. The van der Waals surface area contributed by atoms with Gasteiger partial charge in [-0.25, -0.2) is 4.98 Å². The molecule has 7 heteroatoms. The fraction of sp³-hybridized carbons (Fsp3) is 0.545. The number of thioether (sulfide) groups is 1. The average Bonchev–Trinajstić information content (AvgIpc) is 2.76. The Kier molecular flexibility index (Phi) is 3.72. The number of hydrogen-bond acceptors (Lipinski definition) is 5. The number of likely N-dealkylation sites (N-methyl/N-ethyl adjacent to an activating group) is 1. The lowest BCUT2D eigenvalue weighted by Crippen LogP contribution is -2.37. The zero-order valence-corrected chi connectivity index (χ0v) is 11.1. The molecule has 0 radical (unpaired) electrons. The van der Waals surface area contributed by atoms with Gasteiger partial charge in [-0.2, -0.15) is 0 Å².